The van der Waals surface area contributed by atoms with Crippen molar-refractivity contribution in [3.05, 3.63) is 77.5 Å². The largest absolute Gasteiger partial charge is 0.402 e. The zero-order valence-electron chi connectivity index (χ0n) is 20.1. The van der Waals surface area contributed by atoms with Crippen molar-refractivity contribution >= 4 is 40.8 Å². The molecule has 180 valence electrons. The van der Waals surface area contributed by atoms with Crippen LogP contribution in [0.15, 0.2) is 81.4 Å². The molecule has 35 heavy (non-hydrogen) atoms. The maximum Gasteiger partial charge on any atom is 0.255 e. The van der Waals surface area contributed by atoms with E-state index in [1.807, 2.05) is 68.4 Å². The number of aryl methyl sites for hydroxylation is 1. The molecule has 1 saturated heterocycles. The van der Waals surface area contributed by atoms with Gasteiger partial charge in [-0.1, -0.05) is 18.2 Å². The molecular weight excluding hydrogens is 458 g/mol. The number of nitrogens with one attached hydrogen (secondary N) is 2. The predicted octanol–water partition coefficient (Wildman–Crippen LogP) is 4.70. The molecule has 1 aliphatic rings. The number of hydrogen-bond donors (Lipinski definition) is 3. The zero-order valence-corrected chi connectivity index (χ0v) is 20.9. The van der Waals surface area contributed by atoms with Gasteiger partial charge in [0.2, 0.25) is 0 Å². The lowest BCUT2D eigenvalue weighted by Crippen LogP contribution is -2.37. The van der Waals surface area contributed by atoms with Crippen LogP contribution < -0.4 is 21.3 Å². The fourth-order valence-corrected chi connectivity index (χ4v) is 4.24. The van der Waals surface area contributed by atoms with Gasteiger partial charge in [0.25, 0.3) is 5.91 Å². The second-order valence-electron chi connectivity index (χ2n) is 8.25. The molecule has 0 radical (unpaired) electrons. The molecule has 9 heteroatoms. The maximum atomic E-state index is 12.6. The summed E-state index contributed by atoms with van der Waals surface area (Å²) in [6.45, 7) is 5.69. The van der Waals surface area contributed by atoms with Crippen molar-refractivity contribution in [1.82, 2.24) is 9.97 Å². The van der Waals surface area contributed by atoms with Gasteiger partial charge in [-0.25, -0.2) is 9.97 Å². The van der Waals surface area contributed by atoms with E-state index in [0.29, 0.717) is 28.1 Å². The smallest absolute Gasteiger partial charge is 0.255 e. The number of carbonyl (C=O) groups is 1. The van der Waals surface area contributed by atoms with Crippen molar-refractivity contribution in [1.29, 1.82) is 0 Å². The van der Waals surface area contributed by atoms with Crippen LogP contribution in [0.3, 0.4) is 0 Å². The van der Waals surface area contributed by atoms with E-state index >= 15 is 0 Å². The second kappa shape index (κ2) is 11.1. The van der Waals surface area contributed by atoms with E-state index in [9.17, 15) is 4.79 Å². The second-order valence-corrected chi connectivity index (χ2v) is 9.29. The first-order valence-electron chi connectivity index (χ1n) is 11.4. The average Bonchev–Trinajstić information content (AvgIpc) is 2.78. The molecule has 2 heterocycles. The third-order valence-corrected chi connectivity index (χ3v) is 6.32. The number of hydrogen-bond acceptors (Lipinski definition) is 7. The number of nitrogens with zero attached hydrogens (tertiary/aromatic N) is 4. The third-order valence-electron chi connectivity index (χ3n) is 5.44. The summed E-state index contributed by atoms with van der Waals surface area (Å²) >= 11 is 1.46. The van der Waals surface area contributed by atoms with Gasteiger partial charge in [0.1, 0.15) is 17.5 Å². The fraction of sp³-hybridized carbons (Fsp3) is 0.231. The van der Waals surface area contributed by atoms with Crippen molar-refractivity contribution in [2.75, 3.05) is 35.7 Å². The molecule has 0 spiro atoms. The van der Waals surface area contributed by atoms with Gasteiger partial charge in [0.05, 0.1) is 0 Å². The highest BCUT2D eigenvalue weighted by Gasteiger charge is 2.18. The number of allylic oxidation sites excluding steroid dienone is 1. The molecule has 8 nitrogen and oxygen atoms in total. The molecule has 1 aromatic heterocycles. The average molecular weight is 488 g/mol. The van der Waals surface area contributed by atoms with E-state index in [1.165, 1.54) is 11.8 Å². The van der Waals surface area contributed by atoms with Gasteiger partial charge in [0, 0.05) is 48.0 Å². The van der Waals surface area contributed by atoms with Crippen molar-refractivity contribution in [3.63, 3.8) is 0 Å². The minimum absolute atomic E-state index is 0.125. The first-order chi connectivity index (χ1) is 16.9. The summed E-state index contributed by atoms with van der Waals surface area (Å²) < 4.78 is 0. The molecular formula is C26H29N7OS. The number of rotatable bonds is 7. The Labute approximate surface area is 209 Å². The number of aromatic nitrogens is 2. The summed E-state index contributed by atoms with van der Waals surface area (Å²) in [4.78, 5) is 29.4. The zero-order chi connectivity index (χ0) is 24.8. The lowest BCUT2D eigenvalue weighted by atomic mass is 10.1. The molecule has 3 aromatic rings. The number of amides is 1. The Morgan fingerprint density at radius 2 is 1.86 bits per heavy atom. The normalized spacial score (nSPS) is 13.9. The Bertz CT molecular complexity index is 1260. The Morgan fingerprint density at radius 3 is 2.49 bits per heavy atom. The van der Waals surface area contributed by atoms with E-state index in [1.54, 1.807) is 13.1 Å². The van der Waals surface area contributed by atoms with Gasteiger partial charge in [-0.3, -0.25) is 9.79 Å². The molecule has 0 atom stereocenters. The Hall–Kier alpha value is -3.85. The molecule has 0 aliphatic carbocycles. The molecule has 0 unspecified atom stereocenters. The SMILES string of the molecule is CN=C(/C=C(/C)N)Nc1cc(N2CCC2)nc(Sc2ccc(NC(=O)c3ccccc3C)cc2)n1. The van der Waals surface area contributed by atoms with Crippen LogP contribution in [-0.4, -0.2) is 41.8 Å². The van der Waals surface area contributed by atoms with E-state index in [0.717, 1.165) is 41.5 Å². The minimum Gasteiger partial charge on any atom is -0.402 e. The summed E-state index contributed by atoms with van der Waals surface area (Å²) in [7, 11) is 1.70. The summed E-state index contributed by atoms with van der Waals surface area (Å²) in [5.41, 5.74) is 8.80. The number of amidine groups is 1. The van der Waals surface area contributed by atoms with Crippen LogP contribution in [0.2, 0.25) is 0 Å². The van der Waals surface area contributed by atoms with Gasteiger partial charge in [-0.2, -0.15) is 0 Å². The van der Waals surface area contributed by atoms with Gasteiger partial charge >= 0.3 is 0 Å². The minimum atomic E-state index is -0.125. The number of carbonyl (C=O) groups excluding carboxylic acids is 1. The van der Waals surface area contributed by atoms with Gasteiger partial charge in [-0.15, -0.1) is 0 Å². The van der Waals surface area contributed by atoms with Gasteiger partial charge in [0.15, 0.2) is 5.16 Å². The standard InChI is InChI=1S/C26H29N7OS/c1-17-7-4-5-8-21(17)25(34)29-19-9-11-20(12-10-19)35-26-31-23(30-22(28-3)15-18(2)27)16-24(32-26)33-13-6-14-33/h4-5,7-12,15-16H,6,13-14,27H2,1-3H3,(H,29,34)(H,28,30,31,32)/b18-15-. The highest BCUT2D eigenvalue weighted by atomic mass is 32.2. The van der Waals surface area contributed by atoms with Crippen molar-refractivity contribution in [2.45, 2.75) is 30.3 Å². The fourth-order valence-electron chi connectivity index (χ4n) is 3.47. The Balaban J connectivity index is 1.50. The van der Waals surface area contributed by atoms with Crippen molar-refractivity contribution < 1.29 is 4.79 Å². The monoisotopic (exact) mass is 487 g/mol. The highest BCUT2D eigenvalue weighted by Crippen LogP contribution is 2.30. The summed E-state index contributed by atoms with van der Waals surface area (Å²) in [5.74, 6) is 2.04. The van der Waals surface area contributed by atoms with Crippen LogP contribution in [0.25, 0.3) is 0 Å². The van der Waals surface area contributed by atoms with Crippen LogP contribution in [0.1, 0.15) is 29.3 Å². The molecule has 1 amide bonds. The van der Waals surface area contributed by atoms with E-state index < -0.39 is 0 Å². The first kappa shape index (κ1) is 24.3. The molecule has 0 saturated carbocycles. The van der Waals surface area contributed by atoms with E-state index in [-0.39, 0.29) is 5.91 Å². The van der Waals surface area contributed by atoms with Crippen LogP contribution in [-0.2, 0) is 0 Å². The third kappa shape index (κ3) is 6.39. The predicted molar refractivity (Wildman–Crippen MR) is 143 cm³/mol. The highest BCUT2D eigenvalue weighted by molar-refractivity contribution is 7.99. The molecule has 2 aromatic carbocycles. The topological polar surface area (TPSA) is 109 Å². The quantitative estimate of drug-likeness (QED) is 0.252. The summed E-state index contributed by atoms with van der Waals surface area (Å²) in [6.07, 6.45) is 2.92. The molecule has 1 aliphatic heterocycles. The molecule has 4 rings (SSSR count). The van der Waals surface area contributed by atoms with Crippen molar-refractivity contribution in [3.8, 4) is 0 Å². The molecule has 1 fully saturated rings. The lowest BCUT2D eigenvalue weighted by molar-refractivity contribution is 0.102. The van der Waals surface area contributed by atoms with Crippen LogP contribution >= 0.6 is 11.8 Å². The van der Waals surface area contributed by atoms with E-state index in [4.69, 9.17) is 10.7 Å². The number of nitrogens with two attached hydrogens (primary N) is 1. The Kier molecular flexibility index (Phi) is 7.67. The van der Waals surface area contributed by atoms with Crippen LogP contribution in [0, 0.1) is 6.92 Å². The van der Waals surface area contributed by atoms with Crippen LogP contribution in [0.4, 0.5) is 17.3 Å². The van der Waals surface area contributed by atoms with Gasteiger partial charge < -0.3 is 21.3 Å². The number of aliphatic imine (C=N–C) groups is 1. The first-order valence-corrected chi connectivity index (χ1v) is 12.2. The molecule has 4 N–H and O–H groups in total. The van der Waals surface area contributed by atoms with Crippen molar-refractivity contribution in [2.24, 2.45) is 10.7 Å². The summed E-state index contributed by atoms with van der Waals surface area (Å²) in [6, 6.07) is 17.1. The Morgan fingerprint density at radius 1 is 1.11 bits per heavy atom. The lowest BCUT2D eigenvalue weighted by Gasteiger charge is -2.32. The number of benzene rings is 2. The van der Waals surface area contributed by atoms with Crippen LogP contribution in [0.5, 0.6) is 0 Å². The summed E-state index contributed by atoms with van der Waals surface area (Å²) in [5, 5.41) is 6.82. The molecule has 0 bridgehead atoms. The van der Waals surface area contributed by atoms with Gasteiger partial charge in [-0.05, 0) is 74.0 Å². The van der Waals surface area contributed by atoms with E-state index in [2.05, 4.69) is 25.5 Å². The maximum absolute atomic E-state index is 12.6. The number of anilines is 3.